The zero-order chi connectivity index (χ0) is 12.8. The lowest BCUT2D eigenvalue weighted by molar-refractivity contribution is 0.0594. The minimum Gasteiger partial charge on any atom is -0.464 e. The molecule has 0 bridgehead atoms. The van der Waals surface area contributed by atoms with Crippen molar-refractivity contribution in [2.24, 2.45) is 0 Å². The molecule has 0 radical (unpaired) electrons. The molecule has 0 aromatic carbocycles. The average Bonchev–Trinajstić information content (AvgIpc) is 2.88. The largest absolute Gasteiger partial charge is 0.464 e. The van der Waals surface area contributed by atoms with Crippen LogP contribution >= 0.6 is 0 Å². The third-order valence-corrected chi connectivity index (χ3v) is 2.52. The fraction of sp³-hybridized carbons (Fsp3) is 0.231. The maximum absolute atomic E-state index is 11.2. The average molecular weight is 245 g/mol. The van der Waals surface area contributed by atoms with E-state index in [-0.39, 0.29) is 5.97 Å². The van der Waals surface area contributed by atoms with Crippen LogP contribution in [0.15, 0.2) is 36.7 Å². The molecule has 0 saturated carbocycles. The molecule has 5 nitrogen and oxygen atoms in total. The van der Waals surface area contributed by atoms with E-state index in [9.17, 15) is 4.79 Å². The van der Waals surface area contributed by atoms with Crippen molar-refractivity contribution in [1.82, 2.24) is 15.3 Å². The summed E-state index contributed by atoms with van der Waals surface area (Å²) < 4.78 is 4.62. The topological polar surface area (TPSA) is 67.0 Å². The highest BCUT2D eigenvalue weighted by atomic mass is 16.5. The second kappa shape index (κ2) is 5.97. The van der Waals surface area contributed by atoms with Gasteiger partial charge < -0.3 is 15.0 Å². The molecule has 2 aromatic rings. The Morgan fingerprint density at radius 3 is 3.00 bits per heavy atom. The van der Waals surface area contributed by atoms with Crippen LogP contribution in [0.4, 0.5) is 0 Å². The lowest BCUT2D eigenvalue weighted by Gasteiger charge is -2.02. The van der Waals surface area contributed by atoms with Gasteiger partial charge in [-0.3, -0.25) is 4.98 Å². The highest BCUT2D eigenvalue weighted by Crippen LogP contribution is 2.03. The number of ether oxygens (including phenoxy) is 1. The molecule has 2 N–H and O–H groups in total. The van der Waals surface area contributed by atoms with E-state index in [1.807, 2.05) is 24.4 Å². The van der Waals surface area contributed by atoms with Gasteiger partial charge in [0.1, 0.15) is 5.69 Å². The van der Waals surface area contributed by atoms with E-state index in [1.54, 1.807) is 12.3 Å². The Morgan fingerprint density at radius 2 is 2.28 bits per heavy atom. The number of pyridine rings is 1. The number of rotatable bonds is 5. The first-order valence-corrected chi connectivity index (χ1v) is 5.65. The van der Waals surface area contributed by atoms with Gasteiger partial charge in [-0.15, -0.1) is 0 Å². The Balaban J connectivity index is 1.84. The van der Waals surface area contributed by atoms with Crippen LogP contribution in [0.25, 0.3) is 0 Å². The fourth-order valence-corrected chi connectivity index (χ4v) is 1.62. The number of nitrogens with one attached hydrogen (secondary N) is 2. The summed E-state index contributed by atoms with van der Waals surface area (Å²) in [7, 11) is 1.36. The van der Waals surface area contributed by atoms with Crippen LogP contribution in [0.2, 0.25) is 0 Å². The van der Waals surface area contributed by atoms with Crippen LogP contribution in [-0.4, -0.2) is 23.0 Å². The van der Waals surface area contributed by atoms with Crippen molar-refractivity contribution in [1.29, 1.82) is 0 Å². The van der Waals surface area contributed by atoms with Gasteiger partial charge in [-0.2, -0.15) is 0 Å². The molecular weight excluding hydrogens is 230 g/mol. The minimum absolute atomic E-state index is 0.353. The van der Waals surface area contributed by atoms with Gasteiger partial charge in [0.2, 0.25) is 0 Å². The summed E-state index contributed by atoms with van der Waals surface area (Å²) in [4.78, 5) is 18.3. The van der Waals surface area contributed by atoms with Crippen LogP contribution in [-0.2, 0) is 17.8 Å². The summed E-state index contributed by atoms with van der Waals surface area (Å²) in [5.74, 6) is -0.353. The number of aromatic nitrogens is 2. The van der Waals surface area contributed by atoms with Crippen molar-refractivity contribution < 1.29 is 9.53 Å². The van der Waals surface area contributed by atoms with Crippen molar-refractivity contribution in [2.75, 3.05) is 7.11 Å². The lowest BCUT2D eigenvalue weighted by Crippen LogP contribution is -2.13. The molecule has 0 fully saturated rings. The van der Waals surface area contributed by atoms with Gasteiger partial charge in [-0.25, -0.2) is 4.79 Å². The second-order valence-electron chi connectivity index (χ2n) is 3.85. The van der Waals surface area contributed by atoms with Crippen molar-refractivity contribution in [3.05, 3.63) is 53.6 Å². The lowest BCUT2D eigenvalue weighted by atomic mass is 10.3. The number of H-pyrrole nitrogens is 1. The molecule has 2 heterocycles. The number of carbonyl (C=O) groups is 1. The predicted molar refractivity (Wildman–Crippen MR) is 66.9 cm³/mol. The quantitative estimate of drug-likeness (QED) is 0.783. The Morgan fingerprint density at radius 1 is 1.39 bits per heavy atom. The summed E-state index contributed by atoms with van der Waals surface area (Å²) in [6, 6.07) is 7.49. The molecule has 0 spiro atoms. The van der Waals surface area contributed by atoms with Crippen molar-refractivity contribution in [2.45, 2.75) is 13.1 Å². The first kappa shape index (κ1) is 12.3. The molecule has 0 unspecified atom stereocenters. The number of aromatic amines is 1. The molecule has 0 saturated heterocycles. The number of esters is 1. The predicted octanol–water partition coefficient (Wildman–Crippen LogP) is 1.49. The summed E-state index contributed by atoms with van der Waals surface area (Å²) in [6.45, 7) is 1.40. The van der Waals surface area contributed by atoms with E-state index in [2.05, 4.69) is 20.0 Å². The van der Waals surface area contributed by atoms with E-state index >= 15 is 0 Å². The molecule has 2 aromatic heterocycles. The molecule has 94 valence electrons. The molecule has 0 aliphatic rings. The van der Waals surface area contributed by atoms with Crippen molar-refractivity contribution in [3.8, 4) is 0 Å². The van der Waals surface area contributed by atoms with Crippen molar-refractivity contribution >= 4 is 5.97 Å². The first-order chi connectivity index (χ1) is 8.79. The van der Waals surface area contributed by atoms with E-state index < -0.39 is 0 Å². The van der Waals surface area contributed by atoms with E-state index in [1.165, 1.54) is 7.11 Å². The van der Waals surface area contributed by atoms with Gasteiger partial charge in [0, 0.05) is 31.2 Å². The Bertz CT molecular complexity index is 508. The van der Waals surface area contributed by atoms with Gasteiger partial charge in [-0.1, -0.05) is 6.07 Å². The Hall–Kier alpha value is -2.14. The summed E-state index contributed by atoms with van der Waals surface area (Å²) in [6.07, 6.45) is 3.57. The molecule has 0 aliphatic carbocycles. The van der Waals surface area contributed by atoms with Gasteiger partial charge >= 0.3 is 5.97 Å². The normalized spacial score (nSPS) is 10.3. The van der Waals surface area contributed by atoms with Crippen LogP contribution < -0.4 is 5.32 Å². The molecule has 0 aliphatic heterocycles. The van der Waals surface area contributed by atoms with Crippen molar-refractivity contribution in [3.63, 3.8) is 0 Å². The minimum atomic E-state index is -0.353. The monoisotopic (exact) mass is 245 g/mol. The smallest absolute Gasteiger partial charge is 0.354 e. The highest BCUT2D eigenvalue weighted by molar-refractivity contribution is 5.87. The highest BCUT2D eigenvalue weighted by Gasteiger charge is 2.07. The standard InChI is InChI=1S/C13H15N3O2/c1-18-13(17)12-5-4-11(16-12)9-15-8-10-3-2-6-14-7-10/h2-7,15-16H,8-9H2,1H3. The van der Waals surface area contributed by atoms with Gasteiger partial charge in [-0.05, 0) is 23.8 Å². The third-order valence-electron chi connectivity index (χ3n) is 2.52. The maximum Gasteiger partial charge on any atom is 0.354 e. The molecule has 0 amide bonds. The maximum atomic E-state index is 11.2. The fourth-order valence-electron chi connectivity index (χ4n) is 1.62. The Labute approximate surface area is 105 Å². The number of methoxy groups -OCH3 is 1. The van der Waals surface area contributed by atoms with Crippen LogP contribution in [0.1, 0.15) is 21.7 Å². The molecular formula is C13H15N3O2. The summed E-state index contributed by atoms with van der Waals surface area (Å²) in [5.41, 5.74) is 2.53. The van der Waals surface area contributed by atoms with Crippen LogP contribution in [0, 0.1) is 0 Å². The van der Waals surface area contributed by atoms with E-state index in [0.717, 1.165) is 17.8 Å². The number of carbonyl (C=O) groups excluding carboxylic acids is 1. The summed E-state index contributed by atoms with van der Waals surface area (Å²) in [5, 5.41) is 3.26. The second-order valence-corrected chi connectivity index (χ2v) is 3.85. The zero-order valence-corrected chi connectivity index (χ0v) is 10.1. The zero-order valence-electron chi connectivity index (χ0n) is 10.1. The third kappa shape index (κ3) is 3.18. The first-order valence-electron chi connectivity index (χ1n) is 5.65. The SMILES string of the molecule is COC(=O)c1ccc(CNCc2cccnc2)[nH]1. The van der Waals surface area contributed by atoms with Gasteiger partial charge in [0.05, 0.1) is 7.11 Å². The number of nitrogens with zero attached hydrogens (tertiary/aromatic N) is 1. The number of hydrogen-bond acceptors (Lipinski definition) is 4. The molecule has 2 rings (SSSR count). The van der Waals surface area contributed by atoms with Crippen LogP contribution in [0.3, 0.4) is 0 Å². The Kier molecular flexibility index (Phi) is 4.09. The van der Waals surface area contributed by atoms with Gasteiger partial charge in [0.15, 0.2) is 0 Å². The number of hydrogen-bond donors (Lipinski definition) is 2. The molecule has 0 atom stereocenters. The van der Waals surface area contributed by atoms with Crippen LogP contribution in [0.5, 0.6) is 0 Å². The van der Waals surface area contributed by atoms with E-state index in [4.69, 9.17) is 0 Å². The molecule has 18 heavy (non-hydrogen) atoms. The van der Waals surface area contributed by atoms with Gasteiger partial charge in [0.25, 0.3) is 0 Å². The van der Waals surface area contributed by atoms with E-state index in [0.29, 0.717) is 12.2 Å². The summed E-state index contributed by atoms with van der Waals surface area (Å²) >= 11 is 0. The molecule has 5 heteroatoms.